The molecule has 0 amide bonds. The Morgan fingerprint density at radius 2 is 1.89 bits per heavy atom. The number of benzene rings is 1. The van der Waals surface area contributed by atoms with Crippen LogP contribution in [0.15, 0.2) is 36.8 Å². The van der Waals surface area contributed by atoms with Crippen LogP contribution in [0.1, 0.15) is 28.5 Å². The van der Waals surface area contributed by atoms with Crippen LogP contribution < -0.4 is 0 Å². The van der Waals surface area contributed by atoms with Gasteiger partial charge in [-0.3, -0.25) is 0 Å². The van der Waals surface area contributed by atoms with Gasteiger partial charge < -0.3 is 0 Å². The van der Waals surface area contributed by atoms with Gasteiger partial charge in [0.1, 0.15) is 0 Å². The number of carbonyl (C=O) groups is 1. The Kier molecular flexibility index (Phi) is 4.63. The summed E-state index contributed by atoms with van der Waals surface area (Å²) >= 11 is -0.971. The number of carbonyl (C=O) groups excluding carboxylic acids is 1. The molecule has 19 heavy (non-hydrogen) atoms. The molecule has 3 nitrogen and oxygen atoms in total. The van der Waals surface area contributed by atoms with E-state index in [0.29, 0.717) is 11.3 Å². The van der Waals surface area contributed by atoms with E-state index in [1.165, 1.54) is 9.90 Å². The van der Waals surface area contributed by atoms with Gasteiger partial charge in [-0.05, 0) is 0 Å². The zero-order valence-electron chi connectivity index (χ0n) is 11.4. The van der Waals surface area contributed by atoms with E-state index in [4.69, 9.17) is 0 Å². The third kappa shape index (κ3) is 3.18. The van der Waals surface area contributed by atoms with Crippen LogP contribution in [0, 0.1) is 3.57 Å². The van der Waals surface area contributed by atoms with Gasteiger partial charge in [0.2, 0.25) is 0 Å². The molecule has 0 saturated heterocycles. The van der Waals surface area contributed by atoms with Crippen molar-refractivity contribution in [3.05, 3.63) is 57.2 Å². The number of alkyl halides is 2. The van der Waals surface area contributed by atoms with E-state index in [1.807, 2.05) is 19.1 Å². The molecule has 0 spiro atoms. The van der Waals surface area contributed by atoms with Crippen molar-refractivity contribution in [2.45, 2.75) is 13.3 Å². The van der Waals surface area contributed by atoms with Crippen LogP contribution >= 0.6 is 19.8 Å². The molecule has 0 aliphatic heterocycles. The van der Waals surface area contributed by atoms with Gasteiger partial charge in [0.05, 0.1) is 0 Å². The average molecular weight is 368 g/mol. The second-order valence-corrected chi connectivity index (χ2v) is 9.90. The van der Waals surface area contributed by atoms with Crippen molar-refractivity contribution >= 4 is 25.6 Å². The van der Waals surface area contributed by atoms with Crippen molar-refractivity contribution in [3.8, 4) is 0 Å². The Morgan fingerprint density at radius 3 is 2.47 bits per heavy atom. The van der Waals surface area contributed by atoms with Crippen molar-refractivity contribution < 1.29 is 4.79 Å². The van der Waals surface area contributed by atoms with E-state index in [0.717, 1.165) is 12.0 Å². The monoisotopic (exact) mass is 368 g/mol. The summed E-state index contributed by atoms with van der Waals surface area (Å²) in [7, 11) is 0. The van der Waals surface area contributed by atoms with Gasteiger partial charge in [0.25, 0.3) is 0 Å². The zero-order valence-corrected chi connectivity index (χ0v) is 13.5. The van der Waals surface area contributed by atoms with Crippen molar-refractivity contribution in [1.29, 1.82) is 0 Å². The van der Waals surface area contributed by atoms with Crippen LogP contribution in [-0.2, 0) is 6.42 Å². The molecule has 0 fully saturated rings. The number of nitrogens with zero attached hydrogens (tertiary/aromatic N) is 2. The van der Waals surface area contributed by atoms with Crippen molar-refractivity contribution in [1.82, 2.24) is 9.97 Å². The number of ketones is 1. The first-order valence-corrected chi connectivity index (χ1v) is 11.5. The van der Waals surface area contributed by atoms with E-state index in [9.17, 15) is 4.79 Å². The van der Waals surface area contributed by atoms with Crippen molar-refractivity contribution in [2.75, 3.05) is 9.86 Å². The molecular formula is C15H17IN2O. The third-order valence-electron chi connectivity index (χ3n) is 2.93. The number of aromatic nitrogens is 2. The summed E-state index contributed by atoms with van der Waals surface area (Å²) in [6.45, 7) is 2.00. The van der Waals surface area contributed by atoms with Crippen LogP contribution in [0.3, 0.4) is 0 Å². The van der Waals surface area contributed by atoms with E-state index in [1.54, 1.807) is 6.20 Å². The molecule has 0 N–H and O–H groups in total. The maximum atomic E-state index is 12.4. The minimum absolute atomic E-state index is 0.0154. The molecule has 0 aliphatic carbocycles. The summed E-state index contributed by atoms with van der Waals surface area (Å²) in [6, 6.07) is 7.98. The predicted molar refractivity (Wildman–Crippen MR) is 85.8 cm³/mol. The van der Waals surface area contributed by atoms with Crippen molar-refractivity contribution in [2.24, 2.45) is 0 Å². The Hall–Kier alpha value is -1.30. The Bertz CT molecular complexity index is 579. The number of halogens is 1. The first-order chi connectivity index (χ1) is 9.13. The van der Waals surface area contributed by atoms with Gasteiger partial charge in [-0.25, -0.2) is 0 Å². The SMILES string of the molecule is CCc1cncnc1C(=O)c1ccc(I(C)C)cc1. The van der Waals surface area contributed by atoms with Gasteiger partial charge in [-0.1, -0.05) is 0 Å². The molecule has 0 bridgehead atoms. The molecule has 100 valence electrons. The molecule has 0 radical (unpaired) electrons. The first-order valence-electron chi connectivity index (χ1n) is 6.07. The standard InChI is InChI=1S/C15H17IN2O/c1-4-11-9-17-10-18-14(11)15(19)12-5-7-13(8-6-12)16(2)3/h5-10H,4H2,1-3H3. The van der Waals surface area contributed by atoms with Gasteiger partial charge in [-0.15, -0.1) is 0 Å². The van der Waals surface area contributed by atoms with Gasteiger partial charge in [-0.2, -0.15) is 0 Å². The molecule has 2 rings (SSSR count). The summed E-state index contributed by atoms with van der Waals surface area (Å²) < 4.78 is 1.39. The molecular weight excluding hydrogens is 351 g/mol. The minimum atomic E-state index is -0.971. The fraction of sp³-hybridized carbons (Fsp3) is 0.267. The van der Waals surface area contributed by atoms with Crippen LogP contribution in [0.4, 0.5) is 0 Å². The normalized spacial score (nSPS) is 11.2. The molecule has 1 heterocycles. The molecule has 0 saturated carbocycles. The average Bonchev–Trinajstić information content (AvgIpc) is 2.46. The van der Waals surface area contributed by atoms with E-state index >= 15 is 0 Å². The molecule has 4 heteroatoms. The third-order valence-corrected chi connectivity index (χ3v) is 6.14. The topological polar surface area (TPSA) is 42.9 Å². The molecule has 0 aliphatic rings. The van der Waals surface area contributed by atoms with Gasteiger partial charge in [0, 0.05) is 0 Å². The van der Waals surface area contributed by atoms with Gasteiger partial charge in [0.15, 0.2) is 0 Å². The number of rotatable bonds is 4. The summed E-state index contributed by atoms with van der Waals surface area (Å²) in [5.74, 6) is -0.0154. The zero-order chi connectivity index (χ0) is 13.8. The fourth-order valence-corrected chi connectivity index (χ4v) is 3.61. The van der Waals surface area contributed by atoms with E-state index < -0.39 is 19.8 Å². The van der Waals surface area contributed by atoms with Crippen LogP contribution in [-0.4, -0.2) is 25.6 Å². The fourth-order valence-electron chi connectivity index (χ4n) is 1.81. The maximum absolute atomic E-state index is 12.4. The second kappa shape index (κ2) is 6.23. The van der Waals surface area contributed by atoms with Crippen LogP contribution in [0.5, 0.6) is 0 Å². The summed E-state index contributed by atoms with van der Waals surface area (Å²) in [5.41, 5.74) is 2.12. The number of aryl methyl sites for hydroxylation is 1. The molecule has 0 atom stereocenters. The second-order valence-electron chi connectivity index (χ2n) is 4.34. The van der Waals surface area contributed by atoms with Crippen LogP contribution in [0.25, 0.3) is 0 Å². The number of hydrogen-bond acceptors (Lipinski definition) is 3. The molecule has 1 aromatic carbocycles. The predicted octanol–water partition coefficient (Wildman–Crippen LogP) is 3.21. The quantitative estimate of drug-likeness (QED) is 0.473. The Balaban J connectivity index is 2.33. The molecule has 1 aromatic heterocycles. The summed E-state index contributed by atoms with van der Waals surface area (Å²) in [6.07, 6.45) is 3.92. The molecule has 0 unspecified atom stereocenters. The van der Waals surface area contributed by atoms with Gasteiger partial charge >= 0.3 is 121 Å². The van der Waals surface area contributed by atoms with E-state index in [-0.39, 0.29) is 5.78 Å². The Morgan fingerprint density at radius 1 is 1.21 bits per heavy atom. The van der Waals surface area contributed by atoms with Crippen molar-refractivity contribution in [3.63, 3.8) is 0 Å². The summed E-state index contributed by atoms with van der Waals surface area (Å²) in [4.78, 5) is 25.1. The van der Waals surface area contributed by atoms with Crippen LogP contribution in [0.2, 0.25) is 0 Å². The number of hydrogen-bond donors (Lipinski definition) is 0. The Labute approximate surface area is 120 Å². The first kappa shape index (κ1) is 14.1. The summed E-state index contributed by atoms with van der Waals surface area (Å²) in [5, 5.41) is 0. The van der Waals surface area contributed by atoms with E-state index in [2.05, 4.69) is 32.0 Å². The molecule has 2 aromatic rings.